The summed E-state index contributed by atoms with van der Waals surface area (Å²) in [6.45, 7) is 2.94. The summed E-state index contributed by atoms with van der Waals surface area (Å²) in [6.07, 6.45) is 2.52. The Morgan fingerprint density at radius 1 is 1.24 bits per heavy atom. The Hall–Kier alpha value is -2.34. The van der Waals surface area contributed by atoms with Gasteiger partial charge in [0.1, 0.15) is 0 Å². The van der Waals surface area contributed by atoms with Gasteiger partial charge < -0.3 is 5.32 Å². The molecule has 1 N–H and O–H groups in total. The highest BCUT2D eigenvalue weighted by molar-refractivity contribution is 5.84. The first-order valence-electron chi connectivity index (χ1n) is 7.08. The van der Waals surface area contributed by atoms with Gasteiger partial charge in [0, 0.05) is 18.0 Å². The highest BCUT2D eigenvalue weighted by Gasteiger charge is 2.17. The standard InChI is InChI=1S/C15H18N6/c1-3-16-13(10-14-18-20-21(2)19-14)15-12-7-5-4-6-11(12)8-9-17-15/h4-9,13,16H,3,10H2,1-2H3. The van der Waals surface area contributed by atoms with Crippen LogP contribution in [0.5, 0.6) is 0 Å². The average Bonchev–Trinajstić information content (AvgIpc) is 2.91. The molecule has 0 fully saturated rings. The van der Waals surface area contributed by atoms with Crippen LogP contribution in [0.4, 0.5) is 0 Å². The highest BCUT2D eigenvalue weighted by Crippen LogP contribution is 2.23. The highest BCUT2D eigenvalue weighted by atomic mass is 15.6. The Morgan fingerprint density at radius 3 is 2.86 bits per heavy atom. The molecular formula is C15H18N6. The third-order valence-electron chi connectivity index (χ3n) is 3.42. The van der Waals surface area contributed by atoms with E-state index in [1.54, 1.807) is 7.05 Å². The average molecular weight is 282 g/mol. The molecule has 3 aromatic rings. The number of hydrogen-bond acceptors (Lipinski definition) is 5. The van der Waals surface area contributed by atoms with Gasteiger partial charge in [-0.15, -0.1) is 10.2 Å². The Kier molecular flexibility index (Phi) is 3.87. The molecule has 2 aromatic heterocycles. The Bertz CT molecular complexity index is 730. The largest absolute Gasteiger partial charge is 0.309 e. The minimum absolute atomic E-state index is 0.0744. The SMILES string of the molecule is CCNC(Cc1nnn(C)n1)c1nccc2ccccc12. The molecule has 0 spiro atoms. The van der Waals surface area contributed by atoms with Crippen molar-refractivity contribution in [1.82, 2.24) is 30.5 Å². The van der Waals surface area contributed by atoms with E-state index in [4.69, 9.17) is 0 Å². The lowest BCUT2D eigenvalue weighted by atomic mass is 10.0. The van der Waals surface area contributed by atoms with Crippen LogP contribution in [0.1, 0.15) is 24.5 Å². The van der Waals surface area contributed by atoms with Gasteiger partial charge in [-0.3, -0.25) is 4.98 Å². The van der Waals surface area contributed by atoms with Crippen molar-refractivity contribution in [3.05, 3.63) is 48.0 Å². The lowest BCUT2D eigenvalue weighted by Crippen LogP contribution is -2.24. The van der Waals surface area contributed by atoms with Gasteiger partial charge >= 0.3 is 0 Å². The summed E-state index contributed by atoms with van der Waals surface area (Å²) in [5, 5.41) is 18.1. The maximum Gasteiger partial charge on any atom is 0.176 e. The monoisotopic (exact) mass is 282 g/mol. The summed E-state index contributed by atoms with van der Waals surface area (Å²) in [6, 6.07) is 10.4. The van der Waals surface area contributed by atoms with Crippen molar-refractivity contribution < 1.29 is 0 Å². The number of benzene rings is 1. The number of nitrogens with zero attached hydrogens (tertiary/aromatic N) is 5. The first-order valence-corrected chi connectivity index (χ1v) is 7.08. The number of hydrogen-bond donors (Lipinski definition) is 1. The number of fused-ring (bicyclic) bond motifs is 1. The van der Waals surface area contributed by atoms with Crippen LogP contribution >= 0.6 is 0 Å². The van der Waals surface area contributed by atoms with E-state index < -0.39 is 0 Å². The van der Waals surface area contributed by atoms with Crippen molar-refractivity contribution >= 4 is 10.8 Å². The first kappa shape index (κ1) is 13.6. The molecule has 1 aromatic carbocycles. The van der Waals surface area contributed by atoms with Crippen molar-refractivity contribution in [3.63, 3.8) is 0 Å². The summed E-state index contributed by atoms with van der Waals surface area (Å²) < 4.78 is 0. The molecule has 0 bridgehead atoms. The quantitative estimate of drug-likeness (QED) is 0.770. The maximum atomic E-state index is 4.58. The summed E-state index contributed by atoms with van der Waals surface area (Å²) in [5.74, 6) is 0.721. The predicted molar refractivity (Wildman–Crippen MR) is 80.7 cm³/mol. The second kappa shape index (κ2) is 5.97. The van der Waals surface area contributed by atoms with Crippen molar-refractivity contribution in [2.24, 2.45) is 7.05 Å². The van der Waals surface area contributed by atoms with E-state index in [1.807, 2.05) is 24.4 Å². The van der Waals surface area contributed by atoms with E-state index in [1.165, 1.54) is 10.2 Å². The van der Waals surface area contributed by atoms with E-state index >= 15 is 0 Å². The molecule has 6 nitrogen and oxygen atoms in total. The van der Waals surface area contributed by atoms with E-state index in [0.717, 1.165) is 23.4 Å². The molecule has 0 aliphatic rings. The minimum Gasteiger partial charge on any atom is -0.309 e. The number of pyridine rings is 1. The van der Waals surface area contributed by atoms with Crippen molar-refractivity contribution in [3.8, 4) is 0 Å². The molecule has 108 valence electrons. The molecular weight excluding hydrogens is 264 g/mol. The van der Waals surface area contributed by atoms with Crippen LogP contribution in [0.15, 0.2) is 36.5 Å². The predicted octanol–water partition coefficient (Wildman–Crippen LogP) is 1.65. The van der Waals surface area contributed by atoms with Gasteiger partial charge in [0.25, 0.3) is 0 Å². The van der Waals surface area contributed by atoms with Crippen LogP contribution in [-0.2, 0) is 13.5 Å². The van der Waals surface area contributed by atoms with E-state index in [2.05, 4.69) is 44.8 Å². The summed E-state index contributed by atoms with van der Waals surface area (Å²) >= 11 is 0. The molecule has 6 heteroatoms. The molecule has 0 radical (unpaired) electrons. The number of rotatable bonds is 5. The van der Waals surface area contributed by atoms with E-state index in [-0.39, 0.29) is 6.04 Å². The molecule has 0 saturated carbocycles. The minimum atomic E-state index is 0.0744. The molecule has 21 heavy (non-hydrogen) atoms. The summed E-state index contributed by atoms with van der Waals surface area (Å²) in [7, 11) is 1.77. The lowest BCUT2D eigenvalue weighted by Gasteiger charge is -2.17. The number of tetrazole rings is 1. The van der Waals surface area contributed by atoms with Crippen LogP contribution in [0, 0.1) is 0 Å². The Labute approximate surface area is 123 Å². The molecule has 1 unspecified atom stereocenters. The van der Waals surface area contributed by atoms with Crippen LogP contribution in [0.25, 0.3) is 10.8 Å². The molecule has 0 saturated heterocycles. The number of likely N-dealkylation sites (N-methyl/N-ethyl adjacent to an activating group) is 1. The third kappa shape index (κ3) is 2.90. The van der Waals surface area contributed by atoms with Crippen LogP contribution < -0.4 is 5.32 Å². The summed E-state index contributed by atoms with van der Waals surface area (Å²) in [4.78, 5) is 6.06. The number of aryl methyl sites for hydroxylation is 1. The molecule has 0 aliphatic heterocycles. The molecule has 1 atom stereocenters. The topological polar surface area (TPSA) is 68.5 Å². The third-order valence-corrected chi connectivity index (χ3v) is 3.42. The van der Waals surface area contributed by atoms with Gasteiger partial charge in [-0.1, -0.05) is 31.2 Å². The molecule has 0 amide bonds. The van der Waals surface area contributed by atoms with Gasteiger partial charge in [0.15, 0.2) is 5.82 Å². The van der Waals surface area contributed by atoms with E-state index in [0.29, 0.717) is 6.42 Å². The lowest BCUT2D eigenvalue weighted by molar-refractivity contribution is 0.526. The van der Waals surface area contributed by atoms with Gasteiger partial charge in [-0.2, -0.15) is 4.80 Å². The second-order valence-electron chi connectivity index (χ2n) is 4.93. The fraction of sp³-hybridized carbons (Fsp3) is 0.333. The smallest absolute Gasteiger partial charge is 0.176 e. The van der Waals surface area contributed by atoms with Crippen LogP contribution in [-0.4, -0.2) is 31.7 Å². The van der Waals surface area contributed by atoms with Gasteiger partial charge in [0.05, 0.1) is 18.8 Å². The first-order chi connectivity index (χ1) is 10.3. The fourth-order valence-electron chi connectivity index (χ4n) is 2.52. The second-order valence-corrected chi connectivity index (χ2v) is 4.93. The zero-order chi connectivity index (χ0) is 14.7. The van der Waals surface area contributed by atoms with Crippen LogP contribution in [0.2, 0.25) is 0 Å². The van der Waals surface area contributed by atoms with Gasteiger partial charge in [-0.05, 0) is 23.2 Å². The summed E-state index contributed by atoms with van der Waals surface area (Å²) in [5.41, 5.74) is 1.03. The van der Waals surface area contributed by atoms with Gasteiger partial charge in [-0.25, -0.2) is 0 Å². The van der Waals surface area contributed by atoms with Crippen molar-refractivity contribution in [1.29, 1.82) is 0 Å². The molecule has 0 aliphatic carbocycles. The Balaban J connectivity index is 1.98. The Morgan fingerprint density at radius 2 is 2.10 bits per heavy atom. The van der Waals surface area contributed by atoms with E-state index in [9.17, 15) is 0 Å². The molecule has 2 heterocycles. The molecule has 3 rings (SSSR count). The zero-order valence-corrected chi connectivity index (χ0v) is 12.2. The normalized spacial score (nSPS) is 12.7. The fourth-order valence-corrected chi connectivity index (χ4v) is 2.52. The van der Waals surface area contributed by atoms with Crippen molar-refractivity contribution in [2.75, 3.05) is 6.54 Å². The van der Waals surface area contributed by atoms with Crippen molar-refractivity contribution in [2.45, 2.75) is 19.4 Å². The van der Waals surface area contributed by atoms with Crippen LogP contribution in [0.3, 0.4) is 0 Å². The number of nitrogens with one attached hydrogen (secondary N) is 1. The number of aromatic nitrogens is 5. The maximum absolute atomic E-state index is 4.58. The van der Waals surface area contributed by atoms with Gasteiger partial charge in [0.2, 0.25) is 0 Å². The zero-order valence-electron chi connectivity index (χ0n) is 12.2.